The predicted octanol–water partition coefficient (Wildman–Crippen LogP) is 3.48. The molecule has 140 valence electrons. The van der Waals surface area contributed by atoms with Gasteiger partial charge in [0.1, 0.15) is 5.82 Å². The minimum Gasteiger partial charge on any atom is -0.351 e. The smallest absolute Gasteiger partial charge is 0.257 e. The van der Waals surface area contributed by atoms with Crippen molar-refractivity contribution in [2.24, 2.45) is 5.92 Å². The van der Waals surface area contributed by atoms with Gasteiger partial charge < -0.3 is 10.6 Å². The molecule has 3 atom stereocenters. The maximum Gasteiger partial charge on any atom is 0.257 e. The molecule has 0 bridgehead atoms. The van der Waals surface area contributed by atoms with Crippen molar-refractivity contribution in [3.05, 3.63) is 40.6 Å². The SMILES string of the molecule is CC(C)(C)NC(=O)C1CCC2S/C(=C/c3ccccc3F)C(=O)NC2C1. The normalized spacial score (nSPS) is 27.6. The monoisotopic (exact) mass is 376 g/mol. The zero-order valence-electron chi connectivity index (χ0n) is 15.3. The lowest BCUT2D eigenvalue weighted by atomic mass is 9.84. The van der Waals surface area contributed by atoms with Crippen molar-refractivity contribution >= 4 is 29.7 Å². The van der Waals surface area contributed by atoms with E-state index in [2.05, 4.69) is 10.6 Å². The fraction of sp³-hybridized carbons (Fsp3) is 0.500. The molecule has 2 N–H and O–H groups in total. The van der Waals surface area contributed by atoms with Crippen LogP contribution in [-0.2, 0) is 9.59 Å². The van der Waals surface area contributed by atoms with E-state index in [1.807, 2.05) is 20.8 Å². The molecule has 2 aliphatic rings. The molecule has 3 unspecified atom stereocenters. The molecule has 0 radical (unpaired) electrons. The summed E-state index contributed by atoms with van der Waals surface area (Å²) in [7, 11) is 0. The molecule has 26 heavy (non-hydrogen) atoms. The van der Waals surface area contributed by atoms with Crippen LogP contribution in [0.15, 0.2) is 29.2 Å². The first-order valence-corrected chi connectivity index (χ1v) is 9.87. The van der Waals surface area contributed by atoms with E-state index in [9.17, 15) is 14.0 Å². The van der Waals surface area contributed by atoms with E-state index in [1.165, 1.54) is 17.8 Å². The highest BCUT2D eigenvalue weighted by molar-refractivity contribution is 8.04. The third-order valence-corrected chi connectivity index (χ3v) is 6.09. The quantitative estimate of drug-likeness (QED) is 0.777. The Balaban J connectivity index is 1.68. The summed E-state index contributed by atoms with van der Waals surface area (Å²) in [6, 6.07) is 6.42. The minimum atomic E-state index is -0.335. The molecule has 2 fully saturated rings. The molecule has 6 heteroatoms. The van der Waals surface area contributed by atoms with Gasteiger partial charge in [0.25, 0.3) is 5.91 Å². The Morgan fingerprint density at radius 3 is 2.73 bits per heavy atom. The van der Waals surface area contributed by atoms with Crippen molar-refractivity contribution in [2.75, 3.05) is 0 Å². The van der Waals surface area contributed by atoms with E-state index in [0.717, 1.165) is 12.8 Å². The largest absolute Gasteiger partial charge is 0.351 e. The number of halogens is 1. The van der Waals surface area contributed by atoms with Gasteiger partial charge in [-0.05, 0) is 52.2 Å². The number of hydrogen-bond acceptors (Lipinski definition) is 3. The van der Waals surface area contributed by atoms with Crippen molar-refractivity contribution < 1.29 is 14.0 Å². The van der Waals surface area contributed by atoms with E-state index in [4.69, 9.17) is 0 Å². The molecule has 2 amide bonds. The van der Waals surface area contributed by atoms with Gasteiger partial charge >= 0.3 is 0 Å². The Hall–Kier alpha value is -1.82. The zero-order valence-corrected chi connectivity index (χ0v) is 16.2. The Kier molecular flexibility index (Phi) is 5.42. The first-order chi connectivity index (χ1) is 12.2. The molecule has 1 saturated heterocycles. The molecule has 1 saturated carbocycles. The van der Waals surface area contributed by atoms with Crippen LogP contribution in [0.3, 0.4) is 0 Å². The van der Waals surface area contributed by atoms with Crippen molar-refractivity contribution in [1.29, 1.82) is 0 Å². The first-order valence-electron chi connectivity index (χ1n) is 8.99. The van der Waals surface area contributed by atoms with Crippen LogP contribution < -0.4 is 10.6 Å². The maximum absolute atomic E-state index is 13.9. The summed E-state index contributed by atoms with van der Waals surface area (Å²) in [5.41, 5.74) is 0.163. The Morgan fingerprint density at radius 1 is 1.31 bits per heavy atom. The van der Waals surface area contributed by atoms with Crippen molar-refractivity contribution in [2.45, 2.75) is 56.9 Å². The molecular formula is C20H25FN2O2S. The van der Waals surface area contributed by atoms with E-state index in [1.54, 1.807) is 24.3 Å². The number of carbonyl (C=O) groups is 2. The van der Waals surface area contributed by atoms with Gasteiger partial charge in [-0.2, -0.15) is 0 Å². The second-order valence-electron chi connectivity index (χ2n) is 8.02. The van der Waals surface area contributed by atoms with E-state index in [0.29, 0.717) is 16.9 Å². The summed E-state index contributed by atoms with van der Waals surface area (Å²) in [5.74, 6) is -0.536. The highest BCUT2D eigenvalue weighted by Crippen LogP contribution is 2.40. The number of nitrogens with one attached hydrogen (secondary N) is 2. The lowest BCUT2D eigenvalue weighted by molar-refractivity contribution is -0.128. The van der Waals surface area contributed by atoms with Gasteiger partial charge in [-0.25, -0.2) is 4.39 Å². The molecule has 1 aliphatic heterocycles. The first kappa shape index (κ1) is 19.0. The van der Waals surface area contributed by atoms with Crippen LogP contribution in [-0.4, -0.2) is 28.6 Å². The van der Waals surface area contributed by atoms with E-state index in [-0.39, 0.29) is 40.4 Å². The predicted molar refractivity (Wildman–Crippen MR) is 103 cm³/mol. The highest BCUT2D eigenvalue weighted by atomic mass is 32.2. The number of fused-ring (bicyclic) bond motifs is 1. The summed E-state index contributed by atoms with van der Waals surface area (Å²) in [4.78, 5) is 25.4. The molecule has 1 aromatic rings. The molecular weight excluding hydrogens is 351 g/mol. The molecule has 0 aromatic heterocycles. The van der Waals surface area contributed by atoms with Crippen molar-refractivity contribution in [3.8, 4) is 0 Å². The molecule has 1 heterocycles. The number of thioether (sulfide) groups is 1. The lowest BCUT2D eigenvalue weighted by Crippen LogP contribution is -2.53. The number of benzene rings is 1. The van der Waals surface area contributed by atoms with Gasteiger partial charge in [-0.1, -0.05) is 18.2 Å². The highest BCUT2D eigenvalue weighted by Gasteiger charge is 2.40. The standard InChI is InChI=1S/C20H25FN2O2S/c1-20(2,3)23-18(24)13-8-9-16-15(10-13)22-19(25)17(26-16)11-12-6-4-5-7-14(12)21/h4-7,11,13,15-16H,8-10H2,1-3H3,(H,22,25)(H,23,24)/b17-11+. The fourth-order valence-corrected chi connectivity index (χ4v) is 4.72. The minimum absolute atomic E-state index is 0.0188. The van der Waals surface area contributed by atoms with Crippen molar-refractivity contribution in [3.63, 3.8) is 0 Å². The summed E-state index contributed by atoms with van der Waals surface area (Å²) in [6.07, 6.45) is 3.92. The zero-order chi connectivity index (χ0) is 18.9. The summed E-state index contributed by atoms with van der Waals surface area (Å²) >= 11 is 1.50. The molecule has 0 spiro atoms. The Bertz CT molecular complexity index is 742. The lowest BCUT2D eigenvalue weighted by Gasteiger charge is -2.39. The number of hydrogen-bond donors (Lipinski definition) is 2. The molecule has 1 aromatic carbocycles. The van der Waals surface area contributed by atoms with Crippen molar-refractivity contribution in [1.82, 2.24) is 10.6 Å². The van der Waals surface area contributed by atoms with E-state index < -0.39 is 0 Å². The van der Waals surface area contributed by atoms with Crippen LogP contribution >= 0.6 is 11.8 Å². The summed E-state index contributed by atoms with van der Waals surface area (Å²) < 4.78 is 13.9. The van der Waals surface area contributed by atoms with E-state index >= 15 is 0 Å². The third kappa shape index (κ3) is 4.47. The fourth-order valence-electron chi connectivity index (χ4n) is 3.43. The van der Waals surface area contributed by atoms with Crippen LogP contribution in [0.4, 0.5) is 4.39 Å². The average Bonchev–Trinajstić information content (AvgIpc) is 2.55. The Morgan fingerprint density at radius 2 is 2.04 bits per heavy atom. The topological polar surface area (TPSA) is 58.2 Å². The second kappa shape index (κ2) is 7.43. The molecule has 1 aliphatic carbocycles. The van der Waals surface area contributed by atoms with Crippen LogP contribution in [0.2, 0.25) is 0 Å². The summed E-state index contributed by atoms with van der Waals surface area (Å²) in [5, 5.41) is 6.28. The maximum atomic E-state index is 13.9. The van der Waals surface area contributed by atoms with Crippen LogP contribution in [0.25, 0.3) is 6.08 Å². The second-order valence-corrected chi connectivity index (χ2v) is 9.30. The third-order valence-electron chi connectivity index (χ3n) is 4.67. The Labute approximate surface area is 158 Å². The van der Waals surface area contributed by atoms with Gasteiger partial charge in [0.05, 0.1) is 4.91 Å². The van der Waals surface area contributed by atoms with Gasteiger partial charge in [-0.15, -0.1) is 11.8 Å². The number of amides is 2. The van der Waals surface area contributed by atoms with Gasteiger partial charge in [0.15, 0.2) is 0 Å². The number of carbonyl (C=O) groups excluding carboxylic acids is 2. The average molecular weight is 376 g/mol. The van der Waals surface area contributed by atoms with Gasteiger partial charge in [-0.3, -0.25) is 9.59 Å². The van der Waals surface area contributed by atoms with Crippen LogP contribution in [0.1, 0.15) is 45.6 Å². The number of rotatable bonds is 2. The molecule has 4 nitrogen and oxygen atoms in total. The van der Waals surface area contributed by atoms with Gasteiger partial charge in [0.2, 0.25) is 5.91 Å². The van der Waals surface area contributed by atoms with Crippen LogP contribution in [0.5, 0.6) is 0 Å². The van der Waals surface area contributed by atoms with Gasteiger partial charge in [0, 0.05) is 28.3 Å². The van der Waals surface area contributed by atoms with Crippen LogP contribution in [0, 0.1) is 11.7 Å². The summed E-state index contributed by atoms with van der Waals surface area (Å²) in [6.45, 7) is 5.90. The molecule has 3 rings (SSSR count).